The fourth-order valence-electron chi connectivity index (χ4n) is 6.08. The Hall–Kier alpha value is -2.75. The minimum absolute atomic E-state index is 0.00338. The van der Waals surface area contributed by atoms with Gasteiger partial charge in [-0.3, -0.25) is 0 Å². The number of carbonyl (C=O) groups excluding carboxylic acids is 1. The van der Waals surface area contributed by atoms with Crippen molar-refractivity contribution in [2.24, 2.45) is 17.8 Å². The van der Waals surface area contributed by atoms with Crippen molar-refractivity contribution in [3.8, 4) is 5.75 Å². The number of esters is 1. The van der Waals surface area contributed by atoms with Gasteiger partial charge >= 0.3 is 5.97 Å². The Labute approximate surface area is 208 Å². The van der Waals surface area contributed by atoms with E-state index in [1.807, 2.05) is 24.3 Å². The molecular weight excluding hydrogens is 442 g/mol. The van der Waals surface area contributed by atoms with Gasteiger partial charge in [0.1, 0.15) is 5.75 Å². The zero-order valence-corrected chi connectivity index (χ0v) is 20.5. The quantitative estimate of drug-likeness (QED) is 0.205. The fourth-order valence-corrected chi connectivity index (χ4v) is 6.08. The smallest absolute Gasteiger partial charge is 0.346 e. The number of halogens is 2. The third-order valence-electron chi connectivity index (χ3n) is 8.04. The maximum atomic E-state index is 15.1. The monoisotopic (exact) mass is 478 g/mol. The van der Waals surface area contributed by atoms with Gasteiger partial charge in [-0.15, -0.1) is 13.2 Å². The summed E-state index contributed by atoms with van der Waals surface area (Å²) in [6.45, 7) is 7.55. The molecule has 0 radical (unpaired) electrons. The molecule has 0 N–H and O–H groups in total. The van der Waals surface area contributed by atoms with E-state index in [4.69, 9.17) is 4.74 Å². The van der Waals surface area contributed by atoms with Crippen molar-refractivity contribution in [1.29, 1.82) is 0 Å². The van der Waals surface area contributed by atoms with Crippen molar-refractivity contribution in [3.05, 3.63) is 90.0 Å². The predicted molar refractivity (Wildman–Crippen MR) is 137 cm³/mol. The second kappa shape index (κ2) is 11.8. The van der Waals surface area contributed by atoms with E-state index in [0.29, 0.717) is 23.1 Å². The summed E-state index contributed by atoms with van der Waals surface area (Å²) >= 11 is 0. The van der Waals surface area contributed by atoms with E-state index in [1.165, 1.54) is 31.7 Å². The zero-order valence-electron chi connectivity index (χ0n) is 20.5. The molecule has 4 heteroatoms. The van der Waals surface area contributed by atoms with Crippen molar-refractivity contribution >= 4 is 5.97 Å². The summed E-state index contributed by atoms with van der Waals surface area (Å²) in [5.74, 6) is -0.531. The SMILES string of the molecule is C=CCCc1ccc(OC(=O)c2ccc(C3CCC4CC(CCC=C)CCC4C3)c(F)c2F)cc1. The molecule has 4 unspecified atom stereocenters. The highest BCUT2D eigenvalue weighted by Gasteiger charge is 2.37. The molecule has 186 valence electrons. The summed E-state index contributed by atoms with van der Waals surface area (Å²) in [6, 6.07) is 10.0. The molecule has 0 saturated heterocycles. The molecule has 2 aromatic rings. The number of carbonyl (C=O) groups is 1. The fraction of sp³-hybridized carbons (Fsp3) is 0.452. The maximum absolute atomic E-state index is 15.1. The Morgan fingerprint density at radius 2 is 1.60 bits per heavy atom. The van der Waals surface area contributed by atoms with E-state index in [-0.39, 0.29) is 11.5 Å². The van der Waals surface area contributed by atoms with E-state index in [9.17, 15) is 9.18 Å². The first kappa shape index (κ1) is 25.3. The number of hydrogen-bond donors (Lipinski definition) is 0. The summed E-state index contributed by atoms with van der Waals surface area (Å²) in [6.07, 6.45) is 14.3. The van der Waals surface area contributed by atoms with Crippen molar-refractivity contribution in [3.63, 3.8) is 0 Å². The van der Waals surface area contributed by atoms with Crippen LogP contribution in [0.15, 0.2) is 61.7 Å². The Kier molecular flexibility index (Phi) is 8.54. The van der Waals surface area contributed by atoms with Gasteiger partial charge in [0, 0.05) is 0 Å². The molecule has 0 amide bonds. The average Bonchev–Trinajstić information content (AvgIpc) is 2.88. The van der Waals surface area contributed by atoms with E-state index in [1.54, 1.807) is 18.2 Å². The third-order valence-corrected chi connectivity index (χ3v) is 8.04. The first-order chi connectivity index (χ1) is 17.0. The summed E-state index contributed by atoms with van der Waals surface area (Å²) < 4.78 is 35.4. The van der Waals surface area contributed by atoms with Crippen LogP contribution < -0.4 is 4.74 Å². The molecule has 0 aromatic heterocycles. The molecule has 0 spiro atoms. The lowest BCUT2D eigenvalue weighted by atomic mass is 9.63. The molecule has 2 saturated carbocycles. The molecule has 2 aliphatic carbocycles. The molecule has 35 heavy (non-hydrogen) atoms. The normalized spacial score (nSPS) is 23.8. The molecule has 0 bridgehead atoms. The van der Waals surface area contributed by atoms with E-state index >= 15 is 4.39 Å². The molecule has 2 aliphatic rings. The lowest BCUT2D eigenvalue weighted by Crippen LogP contribution is -2.30. The number of rotatable bonds is 9. The highest BCUT2D eigenvalue weighted by molar-refractivity contribution is 5.91. The number of hydrogen-bond acceptors (Lipinski definition) is 2. The van der Waals surface area contributed by atoms with Gasteiger partial charge in [-0.05, 0) is 111 Å². The Bertz CT molecular complexity index is 1040. The van der Waals surface area contributed by atoms with Crippen LogP contribution in [0, 0.1) is 29.4 Å². The Balaban J connectivity index is 1.39. The van der Waals surface area contributed by atoms with Gasteiger partial charge in [0.25, 0.3) is 0 Å². The molecule has 4 rings (SSSR count). The van der Waals surface area contributed by atoms with Gasteiger partial charge in [-0.2, -0.15) is 0 Å². The van der Waals surface area contributed by atoms with E-state index < -0.39 is 17.6 Å². The summed E-state index contributed by atoms with van der Waals surface area (Å²) in [5, 5.41) is 0. The van der Waals surface area contributed by atoms with Crippen molar-refractivity contribution in [1.82, 2.24) is 0 Å². The number of aryl methyl sites for hydroxylation is 1. The van der Waals surface area contributed by atoms with Gasteiger partial charge in [-0.25, -0.2) is 13.6 Å². The lowest BCUT2D eigenvalue weighted by Gasteiger charge is -2.42. The average molecular weight is 479 g/mol. The highest BCUT2D eigenvalue weighted by atomic mass is 19.2. The van der Waals surface area contributed by atoms with Gasteiger partial charge < -0.3 is 4.74 Å². The van der Waals surface area contributed by atoms with Crippen molar-refractivity contribution in [2.45, 2.75) is 70.1 Å². The third kappa shape index (κ3) is 6.09. The Morgan fingerprint density at radius 1 is 0.886 bits per heavy atom. The van der Waals surface area contributed by atoms with Gasteiger partial charge in [0.05, 0.1) is 5.56 Å². The van der Waals surface area contributed by atoms with Crippen molar-refractivity contribution in [2.75, 3.05) is 0 Å². The molecule has 0 heterocycles. The maximum Gasteiger partial charge on any atom is 0.346 e. The van der Waals surface area contributed by atoms with Crippen molar-refractivity contribution < 1.29 is 18.3 Å². The second-order valence-corrected chi connectivity index (χ2v) is 10.3. The number of fused-ring (bicyclic) bond motifs is 1. The van der Waals surface area contributed by atoms with Crippen LogP contribution in [0.1, 0.15) is 85.2 Å². The van der Waals surface area contributed by atoms with Gasteiger partial charge in [0.15, 0.2) is 11.6 Å². The standard InChI is InChI=1S/C31H36F2O2/c1-3-5-7-21-10-15-26(16-11-21)35-31(34)28-18-17-27(29(32)30(28)33)25-14-13-23-19-22(8-6-4-2)9-12-24(23)20-25/h3-4,10-11,15-18,22-25H,1-2,5-9,12-14,19-20H2. The van der Waals surface area contributed by atoms with Crippen LogP contribution in [-0.2, 0) is 6.42 Å². The molecule has 4 atom stereocenters. The molecule has 2 aromatic carbocycles. The van der Waals surface area contributed by atoms with Crippen LogP contribution >= 0.6 is 0 Å². The molecule has 2 nitrogen and oxygen atoms in total. The number of benzene rings is 2. The first-order valence-electron chi connectivity index (χ1n) is 13.0. The lowest BCUT2D eigenvalue weighted by molar-refractivity contribution is 0.0728. The topological polar surface area (TPSA) is 26.3 Å². The highest BCUT2D eigenvalue weighted by Crippen LogP contribution is 2.48. The van der Waals surface area contributed by atoms with Crippen LogP contribution in [0.3, 0.4) is 0 Å². The van der Waals surface area contributed by atoms with Crippen LogP contribution in [0.2, 0.25) is 0 Å². The van der Waals surface area contributed by atoms with Crippen LogP contribution in [0.5, 0.6) is 5.75 Å². The van der Waals surface area contributed by atoms with Crippen LogP contribution in [0.4, 0.5) is 8.78 Å². The van der Waals surface area contributed by atoms with Gasteiger partial charge in [-0.1, -0.05) is 36.8 Å². The van der Waals surface area contributed by atoms with Crippen LogP contribution in [0.25, 0.3) is 0 Å². The number of ether oxygens (including phenoxy) is 1. The number of allylic oxidation sites excluding steroid dienone is 2. The second-order valence-electron chi connectivity index (χ2n) is 10.3. The molecule has 0 aliphatic heterocycles. The minimum Gasteiger partial charge on any atom is -0.423 e. The summed E-state index contributed by atoms with van der Waals surface area (Å²) in [4.78, 5) is 12.6. The first-order valence-corrected chi connectivity index (χ1v) is 13.0. The van der Waals surface area contributed by atoms with E-state index in [2.05, 4.69) is 13.2 Å². The predicted octanol–water partition coefficient (Wildman–Crippen LogP) is 8.57. The van der Waals surface area contributed by atoms with Gasteiger partial charge in [0.2, 0.25) is 0 Å². The largest absolute Gasteiger partial charge is 0.423 e. The summed E-state index contributed by atoms with van der Waals surface area (Å²) in [7, 11) is 0. The van der Waals surface area contributed by atoms with E-state index in [0.717, 1.165) is 50.0 Å². The summed E-state index contributed by atoms with van der Waals surface area (Å²) in [5.41, 5.74) is 1.13. The molecular formula is C31H36F2O2. The molecule has 2 fully saturated rings. The van der Waals surface area contributed by atoms with Crippen LogP contribution in [-0.4, -0.2) is 5.97 Å². The zero-order chi connectivity index (χ0) is 24.8. The Morgan fingerprint density at radius 3 is 2.34 bits per heavy atom. The minimum atomic E-state index is -1.11.